The average Bonchev–Trinajstić information content (AvgIpc) is 2.81. The van der Waals surface area contributed by atoms with Gasteiger partial charge in [0.05, 0.1) is 18.9 Å². The Hall–Kier alpha value is -2.36. The molecule has 1 aromatic carbocycles. The van der Waals surface area contributed by atoms with Gasteiger partial charge in [-0.05, 0) is 30.7 Å². The molecule has 0 unspecified atom stereocenters. The van der Waals surface area contributed by atoms with Gasteiger partial charge in [-0.3, -0.25) is 4.98 Å². The van der Waals surface area contributed by atoms with Crippen molar-refractivity contribution in [2.75, 3.05) is 7.11 Å². The van der Waals surface area contributed by atoms with Gasteiger partial charge in [0.2, 0.25) is 5.89 Å². The number of benzene rings is 1. The summed E-state index contributed by atoms with van der Waals surface area (Å²) in [7, 11) is 1.60. The molecule has 0 fully saturated rings. The highest BCUT2D eigenvalue weighted by atomic mass is 16.5. The van der Waals surface area contributed by atoms with Crippen LogP contribution < -0.4 is 4.74 Å². The average molecular weight is 240 g/mol. The molecule has 0 radical (unpaired) electrons. The van der Waals surface area contributed by atoms with E-state index in [4.69, 9.17) is 9.15 Å². The Morgan fingerprint density at radius 2 is 2.11 bits per heavy atom. The number of aromatic nitrogens is 2. The van der Waals surface area contributed by atoms with Crippen LogP contribution in [-0.4, -0.2) is 17.1 Å². The van der Waals surface area contributed by atoms with Crippen molar-refractivity contribution in [2.45, 2.75) is 6.92 Å². The molecule has 0 aliphatic rings. The summed E-state index contributed by atoms with van der Waals surface area (Å²) in [6.07, 6.45) is 3.34. The van der Waals surface area contributed by atoms with E-state index in [-0.39, 0.29) is 0 Å². The second-order valence-electron chi connectivity index (χ2n) is 4.07. The number of nitrogens with zero attached hydrogens (tertiary/aromatic N) is 2. The highest BCUT2D eigenvalue weighted by Gasteiger charge is 2.12. The molecule has 0 saturated carbocycles. The molecular formula is C14H12N2O2. The zero-order valence-electron chi connectivity index (χ0n) is 10.2. The molecule has 18 heavy (non-hydrogen) atoms. The second-order valence-corrected chi connectivity index (χ2v) is 4.07. The summed E-state index contributed by atoms with van der Waals surface area (Å²) < 4.78 is 11.0. The molecular weight excluding hydrogens is 228 g/mol. The van der Waals surface area contributed by atoms with Crippen molar-refractivity contribution in [1.82, 2.24) is 9.97 Å². The lowest BCUT2D eigenvalue weighted by Gasteiger charge is -2.02. The summed E-state index contributed by atoms with van der Waals surface area (Å²) in [5.41, 5.74) is 3.59. The van der Waals surface area contributed by atoms with Gasteiger partial charge in [0, 0.05) is 6.20 Å². The number of ether oxygens (including phenoxy) is 1. The quantitative estimate of drug-likeness (QED) is 0.690. The van der Waals surface area contributed by atoms with E-state index in [9.17, 15) is 0 Å². The van der Waals surface area contributed by atoms with Crippen LogP contribution in [0.4, 0.5) is 0 Å². The van der Waals surface area contributed by atoms with Crippen LogP contribution in [0.2, 0.25) is 0 Å². The minimum atomic E-state index is 0.551. The predicted octanol–water partition coefficient (Wildman–Crippen LogP) is 3.21. The molecule has 0 atom stereocenters. The van der Waals surface area contributed by atoms with Crippen LogP contribution >= 0.6 is 0 Å². The third-order valence-electron chi connectivity index (χ3n) is 2.78. The van der Waals surface area contributed by atoms with Gasteiger partial charge in [-0.2, -0.15) is 0 Å². The van der Waals surface area contributed by atoms with Gasteiger partial charge >= 0.3 is 0 Å². The number of fused-ring (bicyclic) bond motifs is 1. The lowest BCUT2D eigenvalue weighted by atomic mass is 10.2. The molecule has 0 saturated heterocycles. The van der Waals surface area contributed by atoms with Crippen molar-refractivity contribution >= 4 is 11.1 Å². The Balaban J connectivity index is 2.19. The molecule has 2 aromatic heterocycles. The maximum atomic E-state index is 5.73. The van der Waals surface area contributed by atoms with Gasteiger partial charge in [0.1, 0.15) is 11.3 Å². The van der Waals surface area contributed by atoms with Crippen LogP contribution in [0.3, 0.4) is 0 Å². The molecule has 0 aliphatic carbocycles. The molecule has 4 nitrogen and oxygen atoms in total. The first-order valence-electron chi connectivity index (χ1n) is 5.63. The lowest BCUT2D eigenvalue weighted by Crippen LogP contribution is -1.88. The van der Waals surface area contributed by atoms with Gasteiger partial charge in [-0.15, -0.1) is 0 Å². The van der Waals surface area contributed by atoms with Gasteiger partial charge in [0.15, 0.2) is 5.58 Å². The number of pyridine rings is 1. The summed E-state index contributed by atoms with van der Waals surface area (Å²) >= 11 is 0. The number of hydrogen-bond donors (Lipinski definition) is 0. The zero-order chi connectivity index (χ0) is 12.5. The lowest BCUT2D eigenvalue weighted by molar-refractivity contribution is 0.413. The van der Waals surface area contributed by atoms with E-state index in [1.54, 1.807) is 19.5 Å². The molecule has 3 rings (SSSR count). The Labute approximate surface area is 104 Å². The number of oxazole rings is 1. The summed E-state index contributed by atoms with van der Waals surface area (Å²) in [5, 5.41) is 0. The first-order valence-corrected chi connectivity index (χ1v) is 5.63. The maximum absolute atomic E-state index is 5.73. The standard InChI is InChI=1S/C14H12N2O2/c1-9-3-4-12-11(7-9)16-14(18-12)10-5-6-15-8-13(10)17-2/h3-8H,1-2H3. The fraction of sp³-hybridized carbons (Fsp3) is 0.143. The number of aryl methyl sites for hydroxylation is 1. The molecule has 0 bridgehead atoms. The summed E-state index contributed by atoms with van der Waals surface area (Å²) in [4.78, 5) is 8.49. The monoisotopic (exact) mass is 240 g/mol. The topological polar surface area (TPSA) is 48.2 Å². The molecule has 0 spiro atoms. The number of rotatable bonds is 2. The molecule has 90 valence electrons. The second kappa shape index (κ2) is 4.14. The van der Waals surface area contributed by atoms with Crippen LogP contribution in [0.5, 0.6) is 5.75 Å². The van der Waals surface area contributed by atoms with Crippen molar-refractivity contribution < 1.29 is 9.15 Å². The van der Waals surface area contributed by atoms with E-state index < -0.39 is 0 Å². The molecule has 2 heterocycles. The van der Waals surface area contributed by atoms with Crippen molar-refractivity contribution in [2.24, 2.45) is 0 Å². The van der Waals surface area contributed by atoms with Crippen LogP contribution in [0.1, 0.15) is 5.56 Å². The summed E-state index contributed by atoms with van der Waals surface area (Å²) in [6.45, 7) is 2.03. The van der Waals surface area contributed by atoms with Crippen LogP contribution in [-0.2, 0) is 0 Å². The zero-order valence-corrected chi connectivity index (χ0v) is 10.2. The third-order valence-corrected chi connectivity index (χ3v) is 2.78. The molecule has 0 aliphatic heterocycles. The Bertz CT molecular complexity index is 704. The Kier molecular flexibility index (Phi) is 2.48. The van der Waals surface area contributed by atoms with E-state index in [2.05, 4.69) is 9.97 Å². The van der Waals surface area contributed by atoms with E-state index in [0.29, 0.717) is 11.6 Å². The van der Waals surface area contributed by atoms with E-state index in [0.717, 1.165) is 22.2 Å². The Morgan fingerprint density at radius 1 is 1.22 bits per heavy atom. The molecule has 0 N–H and O–H groups in total. The van der Waals surface area contributed by atoms with Crippen molar-refractivity contribution in [3.63, 3.8) is 0 Å². The Morgan fingerprint density at radius 3 is 2.94 bits per heavy atom. The van der Waals surface area contributed by atoms with Crippen LogP contribution in [0.15, 0.2) is 41.1 Å². The minimum Gasteiger partial charge on any atom is -0.494 e. The first-order chi connectivity index (χ1) is 8.78. The fourth-order valence-corrected chi connectivity index (χ4v) is 1.87. The van der Waals surface area contributed by atoms with Gasteiger partial charge in [-0.1, -0.05) is 6.07 Å². The normalized spacial score (nSPS) is 10.8. The van der Waals surface area contributed by atoms with Crippen molar-refractivity contribution in [3.8, 4) is 17.2 Å². The number of methoxy groups -OCH3 is 1. The van der Waals surface area contributed by atoms with Crippen LogP contribution in [0.25, 0.3) is 22.6 Å². The van der Waals surface area contributed by atoms with E-state index >= 15 is 0 Å². The molecule has 0 amide bonds. The van der Waals surface area contributed by atoms with Crippen LogP contribution in [0, 0.1) is 6.92 Å². The van der Waals surface area contributed by atoms with Gasteiger partial charge in [0.25, 0.3) is 0 Å². The predicted molar refractivity (Wildman–Crippen MR) is 68.5 cm³/mol. The highest BCUT2D eigenvalue weighted by Crippen LogP contribution is 2.30. The highest BCUT2D eigenvalue weighted by molar-refractivity contribution is 5.77. The fourth-order valence-electron chi connectivity index (χ4n) is 1.87. The van der Waals surface area contributed by atoms with E-state index in [1.807, 2.05) is 31.2 Å². The largest absolute Gasteiger partial charge is 0.494 e. The molecule has 4 heteroatoms. The minimum absolute atomic E-state index is 0.551. The third kappa shape index (κ3) is 1.72. The van der Waals surface area contributed by atoms with Crippen molar-refractivity contribution in [3.05, 3.63) is 42.2 Å². The summed E-state index contributed by atoms with van der Waals surface area (Å²) in [5.74, 6) is 1.20. The first kappa shape index (κ1) is 10.8. The SMILES string of the molecule is COc1cnccc1-c1nc2cc(C)ccc2o1. The van der Waals surface area contributed by atoms with Crippen molar-refractivity contribution in [1.29, 1.82) is 0 Å². The number of hydrogen-bond acceptors (Lipinski definition) is 4. The van der Waals surface area contributed by atoms with Gasteiger partial charge in [-0.25, -0.2) is 4.98 Å². The molecule has 3 aromatic rings. The smallest absolute Gasteiger partial charge is 0.231 e. The maximum Gasteiger partial charge on any atom is 0.231 e. The van der Waals surface area contributed by atoms with E-state index in [1.165, 1.54) is 0 Å². The summed E-state index contributed by atoms with van der Waals surface area (Å²) in [6, 6.07) is 7.75. The van der Waals surface area contributed by atoms with Gasteiger partial charge < -0.3 is 9.15 Å².